The van der Waals surface area contributed by atoms with Gasteiger partial charge < -0.3 is 10.1 Å². The molecule has 0 aliphatic carbocycles. The van der Waals surface area contributed by atoms with Crippen molar-refractivity contribution >= 4 is 26.1 Å². The molecule has 1 aliphatic heterocycles. The molecule has 23 heavy (non-hydrogen) atoms. The molecule has 0 saturated carbocycles. The third kappa shape index (κ3) is 4.10. The molecule has 1 aliphatic rings. The van der Waals surface area contributed by atoms with Gasteiger partial charge in [0.05, 0.1) is 20.8 Å². The molecule has 1 aromatic rings. The number of ether oxygens (including phenoxy) is 1. The van der Waals surface area contributed by atoms with Gasteiger partial charge >= 0.3 is 0 Å². The molecular formula is C14H19NO6S2. The van der Waals surface area contributed by atoms with Crippen molar-refractivity contribution in [3.05, 3.63) is 24.3 Å². The molecule has 0 atom stereocenters. The zero-order valence-corrected chi connectivity index (χ0v) is 14.1. The second-order valence-corrected chi connectivity index (χ2v) is 9.50. The maximum atomic E-state index is 12.8. The van der Waals surface area contributed by atoms with Crippen LogP contribution >= 0.6 is 0 Å². The van der Waals surface area contributed by atoms with Gasteiger partial charge in [-0.15, -0.1) is 0 Å². The van der Waals surface area contributed by atoms with E-state index in [4.69, 9.17) is 0 Å². The molecule has 0 bridgehead atoms. The Morgan fingerprint density at radius 3 is 2.30 bits per heavy atom. The normalized spacial score (nSPS) is 16.9. The highest BCUT2D eigenvalue weighted by atomic mass is 32.2. The van der Waals surface area contributed by atoms with Crippen LogP contribution in [-0.2, 0) is 29.2 Å². The number of hydrogen-bond donors (Lipinski definition) is 1. The van der Waals surface area contributed by atoms with E-state index in [2.05, 4.69) is 10.1 Å². The minimum atomic E-state index is -3.86. The van der Waals surface area contributed by atoms with Crippen molar-refractivity contribution in [2.24, 2.45) is 0 Å². The Hall–Kier alpha value is -1.45. The van der Waals surface area contributed by atoms with Crippen molar-refractivity contribution in [3.63, 3.8) is 0 Å². The second kappa shape index (κ2) is 7.41. The number of nitrogens with one attached hydrogen (secondary N) is 1. The van der Waals surface area contributed by atoms with E-state index in [9.17, 15) is 21.6 Å². The Kier molecular flexibility index (Phi) is 5.77. The van der Waals surface area contributed by atoms with Crippen molar-refractivity contribution in [1.29, 1.82) is 0 Å². The van der Waals surface area contributed by atoms with E-state index in [1.54, 1.807) is 0 Å². The molecule has 1 heterocycles. The molecule has 0 radical (unpaired) electrons. The van der Waals surface area contributed by atoms with E-state index in [0.29, 0.717) is 25.9 Å². The van der Waals surface area contributed by atoms with E-state index in [0.717, 1.165) is 0 Å². The van der Waals surface area contributed by atoms with Crippen LogP contribution in [0, 0.1) is 0 Å². The van der Waals surface area contributed by atoms with Gasteiger partial charge in [0.1, 0.15) is 6.61 Å². The minimum Gasteiger partial charge on any atom is -0.467 e. The number of carbonyl (C=O) groups excluding carboxylic acids is 1. The molecule has 1 saturated heterocycles. The summed E-state index contributed by atoms with van der Waals surface area (Å²) in [6.07, 6.45) is 0.899. The van der Waals surface area contributed by atoms with Gasteiger partial charge in [0.25, 0.3) is 6.47 Å². The topological polar surface area (TPSA) is 107 Å². The largest absolute Gasteiger partial charge is 0.467 e. The van der Waals surface area contributed by atoms with Crippen molar-refractivity contribution in [1.82, 2.24) is 5.32 Å². The van der Waals surface area contributed by atoms with Gasteiger partial charge in [-0.2, -0.15) is 0 Å². The van der Waals surface area contributed by atoms with Crippen LogP contribution in [0.3, 0.4) is 0 Å². The molecule has 7 nitrogen and oxygen atoms in total. The molecule has 0 aromatic heterocycles. The Morgan fingerprint density at radius 1 is 1.09 bits per heavy atom. The van der Waals surface area contributed by atoms with Crippen LogP contribution in [0.2, 0.25) is 0 Å². The predicted octanol–water partition coefficient (Wildman–Crippen LogP) is 0.159. The maximum absolute atomic E-state index is 12.8. The van der Waals surface area contributed by atoms with E-state index in [-0.39, 0.29) is 22.9 Å². The van der Waals surface area contributed by atoms with Crippen LogP contribution in [0.15, 0.2) is 34.1 Å². The number of sulfone groups is 2. The first-order valence-corrected chi connectivity index (χ1v) is 10.4. The van der Waals surface area contributed by atoms with Gasteiger partial charge in [-0.3, -0.25) is 4.79 Å². The van der Waals surface area contributed by atoms with Gasteiger partial charge in [-0.1, -0.05) is 12.1 Å². The Bertz CT molecular complexity index is 751. The van der Waals surface area contributed by atoms with Crippen molar-refractivity contribution < 1.29 is 26.4 Å². The molecule has 1 fully saturated rings. The molecule has 2 rings (SSSR count). The first-order chi connectivity index (χ1) is 10.9. The summed E-state index contributed by atoms with van der Waals surface area (Å²) in [6.45, 7) is 1.03. The van der Waals surface area contributed by atoms with Crippen molar-refractivity contribution in [2.75, 3.05) is 25.4 Å². The molecule has 1 aromatic carbocycles. The van der Waals surface area contributed by atoms with Crippen LogP contribution in [0.5, 0.6) is 0 Å². The monoisotopic (exact) mass is 361 g/mol. The number of benzene rings is 1. The molecule has 128 valence electrons. The molecule has 1 N–H and O–H groups in total. The molecular weight excluding hydrogens is 342 g/mol. The fourth-order valence-electron chi connectivity index (χ4n) is 2.54. The number of hydrogen-bond acceptors (Lipinski definition) is 7. The van der Waals surface area contributed by atoms with E-state index in [1.807, 2.05) is 0 Å². The zero-order chi connectivity index (χ0) is 16.9. The lowest BCUT2D eigenvalue weighted by Gasteiger charge is -2.23. The Morgan fingerprint density at radius 2 is 1.70 bits per heavy atom. The zero-order valence-electron chi connectivity index (χ0n) is 12.5. The SMILES string of the molecule is O=COCCS(=O)(=O)c1ccccc1S(=O)(=O)C1CCNCC1. The summed E-state index contributed by atoms with van der Waals surface area (Å²) in [5.41, 5.74) is 0. The maximum Gasteiger partial charge on any atom is 0.293 e. The predicted molar refractivity (Wildman–Crippen MR) is 83.6 cm³/mol. The standard InChI is InChI=1S/C14H19NO6S2/c16-11-21-9-10-22(17,18)13-3-1-2-4-14(13)23(19,20)12-5-7-15-8-6-12/h1-4,11-12,15H,5-10H2. The smallest absolute Gasteiger partial charge is 0.293 e. The summed E-state index contributed by atoms with van der Waals surface area (Å²) in [5, 5.41) is 2.49. The van der Waals surface area contributed by atoms with Crippen LogP contribution in [0.4, 0.5) is 0 Å². The molecule has 9 heteroatoms. The summed E-state index contributed by atoms with van der Waals surface area (Å²) >= 11 is 0. The summed E-state index contributed by atoms with van der Waals surface area (Å²) < 4.78 is 54.8. The van der Waals surface area contributed by atoms with Gasteiger partial charge in [-0.25, -0.2) is 16.8 Å². The highest BCUT2D eigenvalue weighted by Gasteiger charge is 2.33. The van der Waals surface area contributed by atoms with Gasteiger partial charge in [0, 0.05) is 0 Å². The lowest BCUT2D eigenvalue weighted by Crippen LogP contribution is -2.36. The van der Waals surface area contributed by atoms with Gasteiger partial charge in [0.2, 0.25) is 0 Å². The van der Waals surface area contributed by atoms with E-state index < -0.39 is 30.7 Å². The second-order valence-electron chi connectivity index (χ2n) is 5.23. The van der Waals surface area contributed by atoms with Gasteiger partial charge in [-0.05, 0) is 38.1 Å². The minimum absolute atomic E-state index is 0.160. The third-order valence-corrected chi connectivity index (χ3v) is 7.93. The summed E-state index contributed by atoms with van der Waals surface area (Å²) in [7, 11) is -7.60. The average molecular weight is 361 g/mol. The summed E-state index contributed by atoms with van der Waals surface area (Å²) in [5.74, 6) is -0.454. The van der Waals surface area contributed by atoms with Gasteiger partial charge in [0.15, 0.2) is 19.7 Å². The average Bonchev–Trinajstić information content (AvgIpc) is 2.56. The first kappa shape index (κ1) is 17.9. The molecule has 0 unspecified atom stereocenters. The molecule has 0 spiro atoms. The quantitative estimate of drug-likeness (QED) is 0.544. The van der Waals surface area contributed by atoms with Crippen LogP contribution in [0.25, 0.3) is 0 Å². The van der Waals surface area contributed by atoms with Crippen LogP contribution in [-0.4, -0.2) is 54.0 Å². The summed E-state index contributed by atoms with van der Waals surface area (Å²) in [4.78, 5) is 9.74. The first-order valence-electron chi connectivity index (χ1n) is 7.21. The van der Waals surface area contributed by atoms with Crippen molar-refractivity contribution in [3.8, 4) is 0 Å². The van der Waals surface area contributed by atoms with Crippen LogP contribution < -0.4 is 5.32 Å². The fraction of sp³-hybridized carbons (Fsp3) is 0.500. The lowest BCUT2D eigenvalue weighted by molar-refractivity contribution is -0.128. The van der Waals surface area contributed by atoms with E-state index in [1.165, 1.54) is 24.3 Å². The molecule has 0 amide bonds. The third-order valence-electron chi connectivity index (χ3n) is 3.75. The van der Waals surface area contributed by atoms with Crippen LogP contribution in [0.1, 0.15) is 12.8 Å². The summed E-state index contributed by atoms with van der Waals surface area (Å²) in [6, 6.07) is 5.60. The van der Waals surface area contributed by atoms with Crippen molar-refractivity contribution in [2.45, 2.75) is 27.9 Å². The lowest BCUT2D eigenvalue weighted by atomic mass is 10.2. The number of rotatable bonds is 7. The Labute approximate surface area is 135 Å². The van der Waals surface area contributed by atoms with E-state index >= 15 is 0 Å². The highest BCUT2D eigenvalue weighted by molar-refractivity contribution is 7.94. The Balaban J connectivity index is 2.38. The highest BCUT2D eigenvalue weighted by Crippen LogP contribution is 2.28. The number of piperidine rings is 1. The fourth-order valence-corrected chi connectivity index (χ4v) is 6.30. The number of carbonyl (C=O) groups is 1.